The van der Waals surface area contributed by atoms with Crippen molar-refractivity contribution >= 4 is 0 Å². The van der Waals surface area contributed by atoms with Crippen molar-refractivity contribution in [2.75, 3.05) is 13.7 Å². The number of methoxy groups -OCH3 is 1. The van der Waals surface area contributed by atoms with Crippen LogP contribution in [0.1, 0.15) is 6.92 Å². The molecular weight excluding hydrogens is 184 g/mol. The zero-order valence-corrected chi connectivity index (χ0v) is 8.43. The lowest BCUT2D eigenvalue weighted by molar-refractivity contribution is -0.218. The third-order valence-electron chi connectivity index (χ3n) is 3.66. The molecule has 0 radical (unpaired) electrons. The maximum absolute atomic E-state index is 9.88. The number of hydrogen-bond donors (Lipinski definition) is 2. The molecule has 1 aliphatic heterocycles. The highest BCUT2D eigenvalue weighted by Crippen LogP contribution is 2.54. The van der Waals surface area contributed by atoms with Gasteiger partial charge in [-0.05, 0) is 5.57 Å². The van der Waals surface area contributed by atoms with E-state index in [0.29, 0.717) is 5.57 Å². The van der Waals surface area contributed by atoms with Crippen LogP contribution in [-0.2, 0) is 9.47 Å². The van der Waals surface area contributed by atoms with Crippen molar-refractivity contribution in [2.24, 2.45) is 11.8 Å². The Balaban J connectivity index is 2.37. The van der Waals surface area contributed by atoms with Crippen LogP contribution in [0.3, 0.4) is 0 Å². The molecule has 0 aromatic heterocycles. The lowest BCUT2D eigenvalue weighted by Crippen LogP contribution is -2.49. The Hall–Kier alpha value is -0.420. The molecule has 80 valence electrons. The molecule has 1 saturated carbocycles. The van der Waals surface area contributed by atoms with E-state index in [1.807, 2.05) is 6.92 Å². The standard InChI is InChI=1S/C10H16O4/c1-5-7-6(2)10(4-11,8(5)12)14-9(7)13-3/h6-9,11-12H,1,4H2,2-3H3/t6-,7+,8?,9?,10+/m0/s1. The molecule has 0 spiro atoms. The van der Waals surface area contributed by atoms with E-state index in [-0.39, 0.29) is 24.7 Å². The maximum Gasteiger partial charge on any atom is 0.165 e. The lowest BCUT2D eigenvalue weighted by atomic mass is 9.90. The molecule has 1 saturated heterocycles. The van der Waals surface area contributed by atoms with E-state index in [0.717, 1.165) is 0 Å². The predicted molar refractivity (Wildman–Crippen MR) is 49.5 cm³/mol. The summed E-state index contributed by atoms with van der Waals surface area (Å²) in [6.07, 6.45) is -1.16. The fourth-order valence-electron chi connectivity index (χ4n) is 2.70. The molecule has 1 heterocycles. The normalized spacial score (nSPS) is 51.6. The number of rotatable bonds is 2. The molecule has 4 heteroatoms. The molecule has 2 fully saturated rings. The molecule has 2 rings (SSSR count). The van der Waals surface area contributed by atoms with Crippen LogP contribution >= 0.6 is 0 Å². The van der Waals surface area contributed by atoms with Gasteiger partial charge in [-0.15, -0.1) is 0 Å². The first kappa shape index (κ1) is 10.1. The van der Waals surface area contributed by atoms with Crippen LogP contribution in [0.2, 0.25) is 0 Å². The Morgan fingerprint density at radius 3 is 2.71 bits per heavy atom. The SMILES string of the molecule is C=C1C(O)[C@]2(CO)OC(OC)[C@H]1[C@@H]2C. The monoisotopic (exact) mass is 200 g/mol. The average molecular weight is 200 g/mol. The zero-order chi connectivity index (χ0) is 10.5. The molecule has 0 amide bonds. The number of hydrogen-bond acceptors (Lipinski definition) is 4. The minimum Gasteiger partial charge on any atom is -0.393 e. The second-order valence-electron chi connectivity index (χ2n) is 4.13. The third kappa shape index (κ3) is 0.918. The second kappa shape index (κ2) is 3.03. The van der Waals surface area contributed by atoms with E-state index in [9.17, 15) is 10.2 Å². The lowest BCUT2D eigenvalue weighted by Gasteiger charge is -2.34. The highest BCUT2D eigenvalue weighted by Gasteiger charge is 2.65. The van der Waals surface area contributed by atoms with Crippen LogP contribution in [0.4, 0.5) is 0 Å². The van der Waals surface area contributed by atoms with Crippen LogP contribution in [0.15, 0.2) is 12.2 Å². The van der Waals surface area contributed by atoms with Gasteiger partial charge in [0.1, 0.15) is 11.7 Å². The van der Waals surface area contributed by atoms with Gasteiger partial charge in [0.05, 0.1) is 6.61 Å². The van der Waals surface area contributed by atoms with E-state index in [4.69, 9.17) is 9.47 Å². The summed E-state index contributed by atoms with van der Waals surface area (Å²) in [5, 5.41) is 19.2. The second-order valence-corrected chi connectivity index (χ2v) is 4.13. The van der Waals surface area contributed by atoms with Crippen LogP contribution in [-0.4, -0.2) is 41.9 Å². The molecule has 2 N–H and O–H groups in total. The van der Waals surface area contributed by atoms with E-state index in [2.05, 4.69) is 6.58 Å². The summed E-state index contributed by atoms with van der Waals surface area (Å²) in [5.41, 5.74) is -0.188. The number of ether oxygens (including phenoxy) is 2. The van der Waals surface area contributed by atoms with Crippen molar-refractivity contribution < 1.29 is 19.7 Å². The van der Waals surface area contributed by atoms with Gasteiger partial charge in [0.15, 0.2) is 6.29 Å². The first-order chi connectivity index (χ1) is 6.58. The van der Waals surface area contributed by atoms with Crippen molar-refractivity contribution in [3.8, 4) is 0 Å². The highest BCUT2D eigenvalue weighted by atomic mass is 16.7. The third-order valence-corrected chi connectivity index (χ3v) is 3.66. The molecule has 2 bridgehead atoms. The Morgan fingerprint density at radius 2 is 2.29 bits per heavy atom. The molecule has 0 aromatic rings. The van der Waals surface area contributed by atoms with E-state index in [1.54, 1.807) is 7.11 Å². The van der Waals surface area contributed by atoms with Gasteiger partial charge in [-0.2, -0.15) is 0 Å². The average Bonchev–Trinajstić information content (AvgIpc) is 2.57. The molecule has 4 nitrogen and oxygen atoms in total. The number of aliphatic hydroxyl groups excluding tert-OH is 2. The summed E-state index contributed by atoms with van der Waals surface area (Å²) in [6, 6.07) is 0. The Kier molecular flexibility index (Phi) is 2.19. The molecule has 1 aliphatic carbocycles. The van der Waals surface area contributed by atoms with Crippen LogP contribution in [0.5, 0.6) is 0 Å². The van der Waals surface area contributed by atoms with Gasteiger partial charge < -0.3 is 19.7 Å². The van der Waals surface area contributed by atoms with Crippen LogP contribution in [0, 0.1) is 11.8 Å². The van der Waals surface area contributed by atoms with Crippen molar-refractivity contribution in [2.45, 2.75) is 24.9 Å². The van der Waals surface area contributed by atoms with Crippen molar-refractivity contribution in [3.63, 3.8) is 0 Å². The fraction of sp³-hybridized carbons (Fsp3) is 0.800. The Bertz CT molecular complexity index is 265. The minimum absolute atomic E-state index is 0.0119. The largest absolute Gasteiger partial charge is 0.393 e. The maximum atomic E-state index is 9.88. The van der Waals surface area contributed by atoms with Crippen molar-refractivity contribution in [1.29, 1.82) is 0 Å². The predicted octanol–water partition coefficient (Wildman–Crippen LogP) is -0.0968. The number of fused-ring (bicyclic) bond motifs is 2. The van der Waals surface area contributed by atoms with E-state index >= 15 is 0 Å². The number of aliphatic hydroxyl groups is 2. The smallest absolute Gasteiger partial charge is 0.165 e. The summed E-state index contributed by atoms with van der Waals surface area (Å²) in [6.45, 7) is 5.58. The van der Waals surface area contributed by atoms with Gasteiger partial charge >= 0.3 is 0 Å². The fourth-order valence-corrected chi connectivity index (χ4v) is 2.70. The van der Waals surface area contributed by atoms with Gasteiger partial charge in [0.2, 0.25) is 0 Å². The minimum atomic E-state index is -0.900. The van der Waals surface area contributed by atoms with Gasteiger partial charge in [0, 0.05) is 18.9 Å². The molecule has 2 aliphatic rings. The first-order valence-corrected chi connectivity index (χ1v) is 4.76. The topological polar surface area (TPSA) is 58.9 Å². The van der Waals surface area contributed by atoms with Gasteiger partial charge in [-0.25, -0.2) is 0 Å². The van der Waals surface area contributed by atoms with Gasteiger partial charge in [-0.3, -0.25) is 0 Å². The quantitative estimate of drug-likeness (QED) is 0.611. The molecule has 2 unspecified atom stereocenters. The van der Waals surface area contributed by atoms with Crippen LogP contribution < -0.4 is 0 Å². The van der Waals surface area contributed by atoms with Crippen LogP contribution in [0.25, 0.3) is 0 Å². The van der Waals surface area contributed by atoms with E-state index in [1.165, 1.54) is 0 Å². The Labute approximate surface area is 83.1 Å². The summed E-state index contributed by atoms with van der Waals surface area (Å²) >= 11 is 0. The van der Waals surface area contributed by atoms with Gasteiger partial charge in [0.25, 0.3) is 0 Å². The Morgan fingerprint density at radius 1 is 1.64 bits per heavy atom. The highest BCUT2D eigenvalue weighted by molar-refractivity contribution is 5.29. The summed E-state index contributed by atoms with van der Waals surface area (Å²) < 4.78 is 10.7. The molecule has 5 atom stereocenters. The van der Waals surface area contributed by atoms with Crippen molar-refractivity contribution in [1.82, 2.24) is 0 Å². The molecular formula is C10H16O4. The summed E-state index contributed by atoms with van der Waals surface area (Å²) in [7, 11) is 1.56. The molecule has 14 heavy (non-hydrogen) atoms. The van der Waals surface area contributed by atoms with Gasteiger partial charge in [-0.1, -0.05) is 13.5 Å². The zero-order valence-electron chi connectivity index (χ0n) is 8.43. The van der Waals surface area contributed by atoms with Crippen molar-refractivity contribution in [3.05, 3.63) is 12.2 Å². The molecule has 0 aromatic carbocycles. The van der Waals surface area contributed by atoms with E-state index < -0.39 is 11.7 Å². The summed E-state index contributed by atoms with van der Waals surface area (Å²) in [4.78, 5) is 0. The summed E-state index contributed by atoms with van der Waals surface area (Å²) in [5.74, 6) is 0.0297. The first-order valence-electron chi connectivity index (χ1n) is 4.76.